The van der Waals surface area contributed by atoms with Gasteiger partial charge in [-0.25, -0.2) is 0 Å². The summed E-state index contributed by atoms with van der Waals surface area (Å²) >= 11 is 0. The molecule has 254 valence electrons. The predicted octanol–water partition coefficient (Wildman–Crippen LogP) is 8.94. The van der Waals surface area contributed by atoms with Crippen molar-refractivity contribution in [1.29, 1.82) is 0 Å². The highest BCUT2D eigenvalue weighted by Crippen LogP contribution is 2.33. The summed E-state index contributed by atoms with van der Waals surface area (Å²) in [6.45, 7) is 6.49. The molecule has 0 spiro atoms. The lowest BCUT2D eigenvalue weighted by atomic mass is 9.92. The van der Waals surface area contributed by atoms with Gasteiger partial charge >= 0.3 is 0 Å². The predicted molar refractivity (Wildman–Crippen MR) is 199 cm³/mol. The molecule has 0 unspecified atom stereocenters. The van der Waals surface area contributed by atoms with Gasteiger partial charge in [-0.15, -0.1) is 0 Å². The largest absolute Gasteiger partial charge is 0.384 e. The van der Waals surface area contributed by atoms with Crippen molar-refractivity contribution in [1.82, 2.24) is 15.6 Å². The molecule has 7 heteroatoms. The minimum atomic E-state index is -0.0849. The van der Waals surface area contributed by atoms with Crippen LogP contribution in [0, 0.1) is 13.8 Å². The van der Waals surface area contributed by atoms with E-state index in [-0.39, 0.29) is 11.8 Å². The topological polar surface area (TPSA) is 95.2 Å². The molecule has 0 saturated carbocycles. The van der Waals surface area contributed by atoms with E-state index in [0.29, 0.717) is 18.5 Å². The number of hydrogen-bond acceptors (Lipinski definition) is 5. The number of para-hydroxylation sites is 2. The van der Waals surface area contributed by atoms with Crippen LogP contribution in [0.1, 0.15) is 103 Å². The molecule has 0 aliphatic heterocycles. The van der Waals surface area contributed by atoms with Crippen LogP contribution < -0.4 is 21.3 Å². The fraction of sp³-hybridized carbons (Fsp3) is 0.439. The van der Waals surface area contributed by atoms with Crippen molar-refractivity contribution in [3.8, 4) is 0 Å². The number of fused-ring (bicyclic) bond motifs is 2. The van der Waals surface area contributed by atoms with E-state index >= 15 is 0 Å². The van der Waals surface area contributed by atoms with Crippen molar-refractivity contribution in [3.05, 3.63) is 94.7 Å². The van der Waals surface area contributed by atoms with Gasteiger partial charge in [-0.3, -0.25) is 14.6 Å². The van der Waals surface area contributed by atoms with Gasteiger partial charge in [0.1, 0.15) is 0 Å². The summed E-state index contributed by atoms with van der Waals surface area (Å²) in [4.78, 5) is 30.2. The first kappa shape index (κ1) is 34.9. The number of aryl methyl sites for hydroxylation is 2. The Balaban J connectivity index is 0.890. The van der Waals surface area contributed by atoms with Crippen LogP contribution in [0.5, 0.6) is 0 Å². The molecule has 4 N–H and O–H groups in total. The number of unbranched alkanes of at least 4 members (excludes halogenated alkanes) is 6. The molecule has 0 fully saturated rings. The van der Waals surface area contributed by atoms with E-state index in [1.165, 1.54) is 59.1 Å². The molecule has 1 aliphatic rings. The number of rotatable bonds is 18. The number of nitrogens with one attached hydrogen (secondary N) is 4. The third-order valence-electron chi connectivity index (χ3n) is 9.56. The van der Waals surface area contributed by atoms with E-state index in [1.807, 2.05) is 36.4 Å². The summed E-state index contributed by atoms with van der Waals surface area (Å²) in [7, 11) is 0. The van der Waals surface area contributed by atoms with Crippen molar-refractivity contribution < 1.29 is 9.59 Å². The van der Waals surface area contributed by atoms with Crippen molar-refractivity contribution >= 4 is 39.8 Å². The molecule has 0 saturated heterocycles. The maximum atomic E-state index is 12.9. The Hall–Kier alpha value is -4.39. The zero-order valence-electron chi connectivity index (χ0n) is 28.9. The van der Waals surface area contributed by atoms with Gasteiger partial charge in [0.05, 0.1) is 16.8 Å². The van der Waals surface area contributed by atoms with Gasteiger partial charge < -0.3 is 21.3 Å². The third kappa shape index (κ3) is 9.82. The van der Waals surface area contributed by atoms with Crippen LogP contribution in [-0.4, -0.2) is 36.4 Å². The van der Waals surface area contributed by atoms with Gasteiger partial charge in [-0.2, -0.15) is 0 Å². The molecule has 1 heterocycles. The first-order chi connectivity index (χ1) is 23.5. The second kappa shape index (κ2) is 18.2. The molecule has 1 aromatic heterocycles. The molecule has 0 bridgehead atoms. The fourth-order valence-corrected chi connectivity index (χ4v) is 6.59. The Morgan fingerprint density at radius 3 is 2.25 bits per heavy atom. The zero-order valence-corrected chi connectivity index (χ0v) is 28.9. The van der Waals surface area contributed by atoms with Gasteiger partial charge in [-0.1, -0.05) is 68.1 Å². The van der Waals surface area contributed by atoms with Gasteiger partial charge in [0.15, 0.2) is 0 Å². The molecular weight excluding hydrogens is 594 g/mol. The van der Waals surface area contributed by atoms with Crippen LogP contribution in [0.3, 0.4) is 0 Å². The Bertz CT molecular complexity index is 1670. The monoisotopic (exact) mass is 647 g/mol. The van der Waals surface area contributed by atoms with E-state index < -0.39 is 0 Å². The summed E-state index contributed by atoms with van der Waals surface area (Å²) in [5, 5.41) is 14.6. The highest BCUT2D eigenvalue weighted by molar-refractivity contribution is 6.00. The van der Waals surface area contributed by atoms with E-state index in [2.05, 4.69) is 65.4 Å². The Morgan fingerprint density at radius 2 is 1.38 bits per heavy atom. The van der Waals surface area contributed by atoms with Gasteiger partial charge in [0.25, 0.3) is 5.91 Å². The maximum absolute atomic E-state index is 12.9. The van der Waals surface area contributed by atoms with Crippen LogP contribution >= 0.6 is 0 Å². The van der Waals surface area contributed by atoms with Crippen molar-refractivity contribution in [3.63, 3.8) is 0 Å². The molecule has 0 radical (unpaired) electrons. The van der Waals surface area contributed by atoms with Crippen molar-refractivity contribution in [2.45, 2.75) is 97.3 Å². The highest BCUT2D eigenvalue weighted by Gasteiger charge is 2.18. The SMILES string of the molecule is Cc1cccc(Nc2ccccc2C(=O)NCCCCCC(=O)NCCCCCCCNc2c3c(nc4ccccc24)CCCC3)c1C. The number of amides is 2. The number of hydrogen-bond donors (Lipinski definition) is 4. The summed E-state index contributed by atoms with van der Waals surface area (Å²) in [5.74, 6) is 0.0425. The molecule has 0 atom stereocenters. The highest BCUT2D eigenvalue weighted by atomic mass is 16.2. The maximum Gasteiger partial charge on any atom is 0.253 e. The number of pyridine rings is 1. The minimum absolute atomic E-state index is 0.0849. The van der Waals surface area contributed by atoms with E-state index in [0.717, 1.165) is 81.3 Å². The number of aromatic nitrogens is 1. The zero-order chi connectivity index (χ0) is 33.6. The van der Waals surface area contributed by atoms with Crippen molar-refractivity contribution in [2.24, 2.45) is 0 Å². The summed E-state index contributed by atoms with van der Waals surface area (Å²) < 4.78 is 0. The lowest BCUT2D eigenvalue weighted by Gasteiger charge is -2.21. The molecule has 7 nitrogen and oxygen atoms in total. The fourth-order valence-electron chi connectivity index (χ4n) is 6.59. The molecule has 1 aliphatic carbocycles. The second-order valence-electron chi connectivity index (χ2n) is 13.2. The van der Waals surface area contributed by atoms with Crippen LogP contribution in [-0.2, 0) is 17.6 Å². The van der Waals surface area contributed by atoms with Crippen molar-refractivity contribution in [2.75, 3.05) is 30.3 Å². The number of nitrogens with zero attached hydrogens (tertiary/aromatic N) is 1. The smallest absolute Gasteiger partial charge is 0.253 e. The van der Waals surface area contributed by atoms with Crippen LogP contribution in [0.15, 0.2) is 66.7 Å². The Kier molecular flexibility index (Phi) is 13.3. The normalized spacial score (nSPS) is 12.4. The number of anilines is 3. The number of carbonyl (C=O) groups is 2. The Morgan fingerprint density at radius 1 is 0.688 bits per heavy atom. The summed E-state index contributed by atoms with van der Waals surface area (Å²) in [5.41, 5.74) is 9.94. The number of benzene rings is 3. The van der Waals surface area contributed by atoms with Crippen LogP contribution in [0.4, 0.5) is 17.1 Å². The number of carbonyl (C=O) groups excluding carboxylic acids is 2. The first-order valence-electron chi connectivity index (χ1n) is 18.1. The summed E-state index contributed by atoms with van der Waals surface area (Å²) in [6, 6.07) is 22.3. The lowest BCUT2D eigenvalue weighted by molar-refractivity contribution is -0.121. The Labute approximate surface area is 286 Å². The molecule has 48 heavy (non-hydrogen) atoms. The van der Waals surface area contributed by atoms with Gasteiger partial charge in [0, 0.05) is 48.5 Å². The van der Waals surface area contributed by atoms with E-state index in [9.17, 15) is 9.59 Å². The third-order valence-corrected chi connectivity index (χ3v) is 9.56. The lowest BCUT2D eigenvalue weighted by Crippen LogP contribution is -2.25. The molecule has 5 rings (SSSR count). The molecule has 4 aromatic rings. The average Bonchev–Trinajstić information content (AvgIpc) is 3.10. The van der Waals surface area contributed by atoms with Crippen LogP contribution in [0.2, 0.25) is 0 Å². The van der Waals surface area contributed by atoms with Gasteiger partial charge in [0.2, 0.25) is 5.91 Å². The molecule has 2 amide bonds. The summed E-state index contributed by atoms with van der Waals surface area (Å²) in [6.07, 6.45) is 13.5. The quantitative estimate of drug-likeness (QED) is 0.0809. The van der Waals surface area contributed by atoms with E-state index in [4.69, 9.17) is 4.98 Å². The van der Waals surface area contributed by atoms with Gasteiger partial charge in [-0.05, 0) is 106 Å². The van der Waals surface area contributed by atoms with E-state index in [1.54, 1.807) is 0 Å². The first-order valence-corrected chi connectivity index (χ1v) is 18.1. The minimum Gasteiger partial charge on any atom is -0.384 e. The molecule has 3 aromatic carbocycles. The van der Waals surface area contributed by atoms with Crippen LogP contribution in [0.25, 0.3) is 10.9 Å². The average molecular weight is 648 g/mol. The second-order valence-corrected chi connectivity index (χ2v) is 13.2. The molecular formula is C41H53N5O2. The standard InChI is InChI=1S/C41H53N5O2/c1-30-18-17-25-35(31(30)2)45-38-24-13-10-21-34(38)41(48)44-29-16-6-7-26-39(47)42-27-14-4-3-5-15-28-43-40-32-19-8-11-22-36(32)46-37-23-12-9-20-33(37)40/h8,10-11,13,17-19,21-22,24-25,45H,3-7,9,12,14-16,20,23,26-29H2,1-2H3,(H,42,47)(H,43,46)(H,44,48).